The average Bonchev–Trinajstić information content (AvgIpc) is 2.83. The molecular weight excluding hydrogens is 218 g/mol. The number of thioether (sulfide) groups is 1. The molecule has 1 heterocycles. The van der Waals surface area contributed by atoms with Crippen LogP contribution in [0.1, 0.15) is 23.2 Å². The van der Waals surface area contributed by atoms with Crippen LogP contribution in [0.2, 0.25) is 0 Å². The summed E-state index contributed by atoms with van der Waals surface area (Å²) in [7, 11) is 0. The minimum atomic E-state index is 0.754. The molecule has 1 aromatic carbocycles. The molecule has 0 aromatic heterocycles. The van der Waals surface area contributed by atoms with Crippen molar-refractivity contribution in [1.29, 1.82) is 0 Å². The standard InChI is InChI=1S/C13H17NOS/c15-11-12-3-5-13(6-4-12)16-10-9-14-7-1-2-8-14/h3-6,11H,1-2,7-10H2. The van der Waals surface area contributed by atoms with Gasteiger partial charge in [0, 0.05) is 22.8 Å². The molecule has 0 N–H and O–H groups in total. The van der Waals surface area contributed by atoms with Crippen LogP contribution < -0.4 is 0 Å². The van der Waals surface area contributed by atoms with Gasteiger partial charge in [0.25, 0.3) is 0 Å². The fraction of sp³-hybridized carbons (Fsp3) is 0.462. The van der Waals surface area contributed by atoms with E-state index in [0.29, 0.717) is 0 Å². The summed E-state index contributed by atoms with van der Waals surface area (Å²) in [4.78, 5) is 14.3. The van der Waals surface area contributed by atoms with E-state index in [0.717, 1.165) is 17.6 Å². The van der Waals surface area contributed by atoms with Gasteiger partial charge in [0.2, 0.25) is 0 Å². The number of benzene rings is 1. The third-order valence-corrected chi connectivity index (χ3v) is 3.88. The van der Waals surface area contributed by atoms with Crippen molar-refractivity contribution in [2.24, 2.45) is 0 Å². The smallest absolute Gasteiger partial charge is 0.150 e. The van der Waals surface area contributed by atoms with Gasteiger partial charge in [-0.05, 0) is 38.1 Å². The lowest BCUT2D eigenvalue weighted by atomic mass is 10.2. The maximum atomic E-state index is 10.5. The molecular formula is C13H17NOS. The van der Waals surface area contributed by atoms with Crippen LogP contribution in [0, 0.1) is 0 Å². The molecule has 1 fully saturated rings. The zero-order chi connectivity index (χ0) is 11.2. The molecule has 0 radical (unpaired) electrons. The summed E-state index contributed by atoms with van der Waals surface area (Å²) in [5.41, 5.74) is 0.754. The zero-order valence-electron chi connectivity index (χ0n) is 9.39. The second-order valence-corrected chi connectivity index (χ2v) is 5.25. The highest BCUT2D eigenvalue weighted by molar-refractivity contribution is 7.99. The number of rotatable bonds is 5. The third-order valence-electron chi connectivity index (χ3n) is 2.89. The van der Waals surface area contributed by atoms with E-state index in [-0.39, 0.29) is 0 Å². The van der Waals surface area contributed by atoms with Crippen molar-refractivity contribution in [3.05, 3.63) is 29.8 Å². The molecule has 86 valence electrons. The molecule has 2 rings (SSSR count). The van der Waals surface area contributed by atoms with Crippen molar-refractivity contribution in [3.8, 4) is 0 Å². The second kappa shape index (κ2) is 6.06. The fourth-order valence-corrected chi connectivity index (χ4v) is 2.86. The Morgan fingerprint density at radius 1 is 1.19 bits per heavy atom. The first-order valence-corrected chi connectivity index (χ1v) is 6.77. The Morgan fingerprint density at radius 2 is 1.88 bits per heavy atom. The molecule has 0 bridgehead atoms. The maximum Gasteiger partial charge on any atom is 0.150 e. The number of hydrogen-bond acceptors (Lipinski definition) is 3. The summed E-state index contributed by atoms with van der Waals surface area (Å²) >= 11 is 1.87. The van der Waals surface area contributed by atoms with Gasteiger partial charge >= 0.3 is 0 Å². The van der Waals surface area contributed by atoms with Gasteiger partial charge in [-0.2, -0.15) is 0 Å². The molecule has 1 aliphatic rings. The average molecular weight is 235 g/mol. The van der Waals surface area contributed by atoms with Crippen molar-refractivity contribution >= 4 is 18.0 Å². The third kappa shape index (κ3) is 3.35. The Balaban J connectivity index is 1.73. The summed E-state index contributed by atoms with van der Waals surface area (Å²) in [6, 6.07) is 7.81. The van der Waals surface area contributed by atoms with Crippen molar-refractivity contribution < 1.29 is 4.79 Å². The van der Waals surface area contributed by atoms with E-state index in [1.807, 2.05) is 36.0 Å². The molecule has 1 aromatic rings. The van der Waals surface area contributed by atoms with Gasteiger partial charge in [-0.25, -0.2) is 0 Å². The molecule has 0 unspecified atom stereocenters. The summed E-state index contributed by atoms with van der Waals surface area (Å²) in [5.74, 6) is 1.14. The van der Waals surface area contributed by atoms with Crippen LogP contribution in [-0.4, -0.2) is 36.6 Å². The monoisotopic (exact) mass is 235 g/mol. The van der Waals surface area contributed by atoms with Crippen LogP contribution in [0.25, 0.3) is 0 Å². The van der Waals surface area contributed by atoms with Crippen LogP contribution in [-0.2, 0) is 0 Å². The normalized spacial score (nSPS) is 16.5. The predicted molar refractivity (Wildman–Crippen MR) is 68.2 cm³/mol. The molecule has 1 aliphatic heterocycles. The Labute approximate surface area is 101 Å². The van der Waals surface area contributed by atoms with Crippen LogP contribution in [0.4, 0.5) is 0 Å². The zero-order valence-corrected chi connectivity index (χ0v) is 10.2. The highest BCUT2D eigenvalue weighted by atomic mass is 32.2. The Bertz CT molecular complexity index is 330. The van der Waals surface area contributed by atoms with Crippen molar-refractivity contribution in [2.75, 3.05) is 25.4 Å². The van der Waals surface area contributed by atoms with E-state index in [4.69, 9.17) is 0 Å². The summed E-state index contributed by atoms with van der Waals surface area (Å²) in [6.07, 6.45) is 3.61. The van der Waals surface area contributed by atoms with E-state index >= 15 is 0 Å². The molecule has 16 heavy (non-hydrogen) atoms. The first-order chi connectivity index (χ1) is 7.88. The van der Waals surface area contributed by atoms with Crippen LogP contribution >= 0.6 is 11.8 Å². The first kappa shape index (κ1) is 11.7. The van der Waals surface area contributed by atoms with E-state index in [9.17, 15) is 4.79 Å². The SMILES string of the molecule is O=Cc1ccc(SCCN2CCCC2)cc1. The van der Waals surface area contributed by atoms with Gasteiger partial charge in [-0.1, -0.05) is 12.1 Å². The Hall–Kier alpha value is -0.800. The number of carbonyl (C=O) groups excluding carboxylic acids is 1. The molecule has 0 atom stereocenters. The topological polar surface area (TPSA) is 20.3 Å². The van der Waals surface area contributed by atoms with Crippen LogP contribution in [0.15, 0.2) is 29.2 Å². The molecule has 0 spiro atoms. The highest BCUT2D eigenvalue weighted by Crippen LogP contribution is 2.18. The van der Waals surface area contributed by atoms with Gasteiger partial charge in [0.05, 0.1) is 0 Å². The summed E-state index contributed by atoms with van der Waals surface area (Å²) in [6.45, 7) is 3.72. The summed E-state index contributed by atoms with van der Waals surface area (Å²) in [5, 5.41) is 0. The van der Waals surface area contributed by atoms with Crippen molar-refractivity contribution in [1.82, 2.24) is 4.90 Å². The van der Waals surface area contributed by atoms with Gasteiger partial charge in [-0.15, -0.1) is 11.8 Å². The van der Waals surface area contributed by atoms with Gasteiger partial charge in [0.15, 0.2) is 0 Å². The van der Waals surface area contributed by atoms with Crippen LogP contribution in [0.3, 0.4) is 0 Å². The van der Waals surface area contributed by atoms with E-state index in [1.54, 1.807) is 0 Å². The van der Waals surface area contributed by atoms with Crippen molar-refractivity contribution in [3.63, 3.8) is 0 Å². The molecule has 0 saturated carbocycles. The number of nitrogens with zero attached hydrogens (tertiary/aromatic N) is 1. The maximum absolute atomic E-state index is 10.5. The quantitative estimate of drug-likeness (QED) is 0.578. The van der Waals surface area contributed by atoms with E-state index < -0.39 is 0 Å². The minimum Gasteiger partial charge on any atom is -0.303 e. The lowest BCUT2D eigenvalue weighted by Gasteiger charge is -2.13. The second-order valence-electron chi connectivity index (χ2n) is 4.08. The van der Waals surface area contributed by atoms with Gasteiger partial charge in [0.1, 0.15) is 6.29 Å². The molecule has 3 heteroatoms. The lowest BCUT2D eigenvalue weighted by Crippen LogP contribution is -2.21. The summed E-state index contributed by atoms with van der Waals surface area (Å²) < 4.78 is 0. The van der Waals surface area contributed by atoms with Gasteiger partial charge < -0.3 is 4.90 Å². The molecule has 0 amide bonds. The Morgan fingerprint density at radius 3 is 2.50 bits per heavy atom. The lowest BCUT2D eigenvalue weighted by molar-refractivity contribution is 0.112. The Kier molecular flexibility index (Phi) is 4.43. The van der Waals surface area contributed by atoms with Crippen molar-refractivity contribution in [2.45, 2.75) is 17.7 Å². The van der Waals surface area contributed by atoms with E-state index in [2.05, 4.69) is 4.90 Å². The van der Waals surface area contributed by atoms with Gasteiger partial charge in [-0.3, -0.25) is 4.79 Å². The number of carbonyl (C=O) groups is 1. The largest absolute Gasteiger partial charge is 0.303 e. The first-order valence-electron chi connectivity index (χ1n) is 5.79. The van der Waals surface area contributed by atoms with E-state index in [1.165, 1.54) is 37.4 Å². The van der Waals surface area contributed by atoms with Crippen LogP contribution in [0.5, 0.6) is 0 Å². The molecule has 0 aliphatic carbocycles. The number of hydrogen-bond donors (Lipinski definition) is 0. The fourth-order valence-electron chi connectivity index (χ4n) is 1.94. The highest BCUT2D eigenvalue weighted by Gasteiger charge is 2.10. The number of aldehydes is 1. The molecule has 1 saturated heterocycles. The predicted octanol–water partition coefficient (Wildman–Crippen LogP) is 2.69. The minimum absolute atomic E-state index is 0.754. The number of likely N-dealkylation sites (tertiary alicyclic amines) is 1. The molecule has 2 nitrogen and oxygen atoms in total.